The average molecular weight is 117 g/mol. The molecule has 48 valence electrons. The highest BCUT2D eigenvalue weighted by Gasteiger charge is 1.92. The van der Waals surface area contributed by atoms with E-state index in [2.05, 4.69) is 5.18 Å². The molecule has 0 aliphatic carbocycles. The van der Waals surface area contributed by atoms with Gasteiger partial charge in [-0.2, -0.15) is 4.91 Å². The predicted octanol–water partition coefficient (Wildman–Crippen LogP) is 0.914. The van der Waals surface area contributed by atoms with Crippen molar-refractivity contribution in [2.75, 3.05) is 6.54 Å². The maximum atomic E-state index is 9.45. The van der Waals surface area contributed by atoms with Crippen LogP contribution in [0.3, 0.4) is 0 Å². The van der Waals surface area contributed by atoms with Crippen LogP contribution in [0.1, 0.15) is 19.8 Å². The van der Waals surface area contributed by atoms with E-state index in [9.17, 15) is 4.91 Å². The Morgan fingerprint density at radius 3 is 2.75 bits per heavy atom. The summed E-state index contributed by atoms with van der Waals surface area (Å²) >= 11 is 0. The van der Waals surface area contributed by atoms with Gasteiger partial charge in [0.25, 0.3) is 0 Å². The fourth-order valence-corrected chi connectivity index (χ4v) is 0.451. The van der Waals surface area contributed by atoms with Crippen LogP contribution in [0.5, 0.6) is 0 Å². The summed E-state index contributed by atoms with van der Waals surface area (Å²) in [4.78, 5) is 9.45. The zero-order valence-electron chi connectivity index (χ0n) is 5.00. The van der Waals surface area contributed by atoms with E-state index in [1.54, 1.807) is 6.92 Å². The van der Waals surface area contributed by atoms with Crippen LogP contribution in [-0.4, -0.2) is 17.8 Å². The van der Waals surface area contributed by atoms with Gasteiger partial charge in [-0.25, -0.2) is 0 Å². The van der Waals surface area contributed by atoms with E-state index in [0.717, 1.165) is 0 Å². The topological polar surface area (TPSA) is 49.7 Å². The molecule has 3 nitrogen and oxygen atoms in total. The first-order valence-electron chi connectivity index (χ1n) is 2.74. The van der Waals surface area contributed by atoms with E-state index in [-0.39, 0.29) is 6.10 Å². The van der Waals surface area contributed by atoms with Crippen LogP contribution in [0.4, 0.5) is 0 Å². The van der Waals surface area contributed by atoms with Gasteiger partial charge in [-0.1, -0.05) is 5.18 Å². The molecule has 0 aliphatic heterocycles. The molecule has 3 heteroatoms. The molecule has 0 bridgehead atoms. The lowest BCUT2D eigenvalue weighted by Gasteiger charge is -1.97. The molecule has 0 saturated carbocycles. The Labute approximate surface area is 48.7 Å². The van der Waals surface area contributed by atoms with Gasteiger partial charge in [-0.15, -0.1) is 0 Å². The van der Waals surface area contributed by atoms with Crippen LogP contribution in [0, 0.1) is 4.91 Å². The molecule has 1 N–H and O–H groups in total. The molecule has 0 heterocycles. The summed E-state index contributed by atoms with van der Waals surface area (Å²) in [5.74, 6) is 0. The minimum absolute atomic E-state index is 0.295. The standard InChI is InChI=1S/C5H11NO2/c1-5(7)3-2-4-6-8/h5,7H,2-4H2,1H3. The van der Waals surface area contributed by atoms with Crippen molar-refractivity contribution in [1.82, 2.24) is 0 Å². The molecule has 0 aromatic heterocycles. The number of hydrogen-bond acceptors (Lipinski definition) is 3. The van der Waals surface area contributed by atoms with Crippen LogP contribution < -0.4 is 0 Å². The van der Waals surface area contributed by atoms with Gasteiger partial charge in [0.05, 0.1) is 12.6 Å². The molecule has 0 aromatic carbocycles. The monoisotopic (exact) mass is 117 g/mol. The summed E-state index contributed by atoms with van der Waals surface area (Å²) in [5.41, 5.74) is 0. The van der Waals surface area contributed by atoms with Crippen LogP contribution in [0.25, 0.3) is 0 Å². The van der Waals surface area contributed by atoms with Gasteiger partial charge in [-0.05, 0) is 19.8 Å². The number of nitrogens with zero attached hydrogens (tertiary/aromatic N) is 1. The molecular formula is C5H11NO2. The van der Waals surface area contributed by atoms with Gasteiger partial charge >= 0.3 is 0 Å². The zero-order valence-corrected chi connectivity index (χ0v) is 5.00. The summed E-state index contributed by atoms with van der Waals surface area (Å²) in [6.07, 6.45) is 1.07. The minimum atomic E-state index is -0.295. The predicted molar refractivity (Wildman–Crippen MR) is 31.6 cm³/mol. The quantitative estimate of drug-likeness (QED) is 0.439. The maximum absolute atomic E-state index is 9.45. The van der Waals surface area contributed by atoms with Gasteiger partial charge in [0.2, 0.25) is 0 Å². The first-order valence-corrected chi connectivity index (χ1v) is 2.74. The Balaban J connectivity index is 2.81. The maximum Gasteiger partial charge on any atom is 0.0812 e. The number of aliphatic hydroxyl groups is 1. The molecular weight excluding hydrogens is 106 g/mol. The summed E-state index contributed by atoms with van der Waals surface area (Å²) in [6.45, 7) is 2.02. The largest absolute Gasteiger partial charge is 0.393 e. The highest BCUT2D eigenvalue weighted by Crippen LogP contribution is 1.94. The van der Waals surface area contributed by atoms with Crippen molar-refractivity contribution in [2.24, 2.45) is 5.18 Å². The lowest BCUT2D eigenvalue weighted by Crippen LogP contribution is -1.99. The number of rotatable bonds is 4. The third kappa shape index (κ3) is 5.56. The molecule has 0 saturated heterocycles. The van der Waals surface area contributed by atoms with Gasteiger partial charge < -0.3 is 5.11 Å². The lowest BCUT2D eigenvalue weighted by molar-refractivity contribution is 0.182. The van der Waals surface area contributed by atoms with Crippen molar-refractivity contribution in [3.05, 3.63) is 4.91 Å². The molecule has 0 radical (unpaired) electrons. The van der Waals surface area contributed by atoms with Crippen molar-refractivity contribution in [3.63, 3.8) is 0 Å². The van der Waals surface area contributed by atoms with Crippen LogP contribution in [-0.2, 0) is 0 Å². The summed E-state index contributed by atoms with van der Waals surface area (Å²) < 4.78 is 0. The minimum Gasteiger partial charge on any atom is -0.393 e. The van der Waals surface area contributed by atoms with E-state index in [4.69, 9.17) is 5.11 Å². The normalized spacial score (nSPS) is 13.2. The molecule has 0 amide bonds. The van der Waals surface area contributed by atoms with Gasteiger partial charge in [-0.3, -0.25) is 0 Å². The van der Waals surface area contributed by atoms with E-state index in [0.29, 0.717) is 19.4 Å². The number of aliphatic hydroxyl groups excluding tert-OH is 1. The molecule has 1 atom stereocenters. The van der Waals surface area contributed by atoms with E-state index >= 15 is 0 Å². The number of hydrogen-bond donors (Lipinski definition) is 1. The van der Waals surface area contributed by atoms with Crippen molar-refractivity contribution >= 4 is 0 Å². The third-order valence-corrected chi connectivity index (χ3v) is 0.871. The molecule has 0 spiro atoms. The van der Waals surface area contributed by atoms with Gasteiger partial charge in [0.15, 0.2) is 0 Å². The van der Waals surface area contributed by atoms with Crippen LogP contribution in [0.2, 0.25) is 0 Å². The molecule has 1 unspecified atom stereocenters. The molecule has 0 aliphatic rings. The highest BCUT2D eigenvalue weighted by molar-refractivity contribution is 4.48. The van der Waals surface area contributed by atoms with E-state index in [1.807, 2.05) is 0 Å². The summed E-state index contributed by atoms with van der Waals surface area (Å²) in [7, 11) is 0. The second-order valence-electron chi connectivity index (χ2n) is 1.84. The SMILES string of the molecule is CC(O)CCCN=O. The zero-order chi connectivity index (χ0) is 6.41. The van der Waals surface area contributed by atoms with Crippen molar-refractivity contribution in [2.45, 2.75) is 25.9 Å². The lowest BCUT2D eigenvalue weighted by atomic mass is 10.2. The highest BCUT2D eigenvalue weighted by atomic mass is 16.3. The molecule has 0 rings (SSSR count). The molecule has 8 heavy (non-hydrogen) atoms. The van der Waals surface area contributed by atoms with Gasteiger partial charge in [0.1, 0.15) is 0 Å². The first kappa shape index (κ1) is 7.56. The third-order valence-electron chi connectivity index (χ3n) is 0.871. The number of nitroso groups, excluding NO2 is 1. The Morgan fingerprint density at radius 2 is 2.38 bits per heavy atom. The summed E-state index contributed by atoms with van der Waals surface area (Å²) in [5, 5.41) is 11.3. The van der Waals surface area contributed by atoms with Crippen molar-refractivity contribution in [1.29, 1.82) is 0 Å². The van der Waals surface area contributed by atoms with Crippen molar-refractivity contribution in [3.8, 4) is 0 Å². The molecule has 0 aromatic rings. The van der Waals surface area contributed by atoms with E-state index in [1.165, 1.54) is 0 Å². The fraction of sp³-hybridized carbons (Fsp3) is 1.00. The Hall–Kier alpha value is -0.440. The van der Waals surface area contributed by atoms with Crippen molar-refractivity contribution < 1.29 is 5.11 Å². The summed E-state index contributed by atoms with van der Waals surface area (Å²) in [6, 6.07) is 0. The fourth-order valence-electron chi connectivity index (χ4n) is 0.451. The van der Waals surface area contributed by atoms with Crippen LogP contribution >= 0.6 is 0 Å². The smallest absolute Gasteiger partial charge is 0.0812 e. The Bertz CT molecular complexity index is 63.4. The van der Waals surface area contributed by atoms with E-state index < -0.39 is 0 Å². The second kappa shape index (κ2) is 4.71. The average Bonchev–Trinajstić information content (AvgIpc) is 1.66. The van der Waals surface area contributed by atoms with Crippen LogP contribution in [0.15, 0.2) is 5.18 Å². The van der Waals surface area contributed by atoms with Gasteiger partial charge in [0, 0.05) is 0 Å². The molecule has 0 fully saturated rings. The second-order valence-corrected chi connectivity index (χ2v) is 1.84. The Morgan fingerprint density at radius 1 is 1.75 bits per heavy atom. The first-order chi connectivity index (χ1) is 3.77. The Kier molecular flexibility index (Phi) is 4.45.